The summed E-state index contributed by atoms with van der Waals surface area (Å²) in [7, 11) is 0. The Morgan fingerprint density at radius 1 is 1.00 bits per heavy atom. The first-order valence-electron chi connectivity index (χ1n) is 9.11. The van der Waals surface area contributed by atoms with Crippen molar-refractivity contribution in [2.45, 2.75) is 83.1 Å². The molecule has 3 aliphatic rings. The van der Waals surface area contributed by atoms with E-state index in [9.17, 15) is 0 Å². The van der Waals surface area contributed by atoms with Crippen LogP contribution in [0.5, 0.6) is 0 Å². The molecule has 2 heteroatoms. The molecule has 0 aromatic carbocycles. The van der Waals surface area contributed by atoms with E-state index >= 15 is 0 Å². The lowest BCUT2D eigenvalue weighted by Gasteiger charge is -2.51. The van der Waals surface area contributed by atoms with E-state index in [1.165, 1.54) is 83.7 Å². The predicted octanol–water partition coefficient (Wildman–Crippen LogP) is 3.94. The van der Waals surface area contributed by atoms with Crippen LogP contribution < -0.4 is 5.73 Å². The Morgan fingerprint density at radius 2 is 1.65 bits per heavy atom. The molecular weight excluding hydrogens is 244 g/mol. The fraction of sp³-hybridized carbons (Fsp3) is 1.00. The second kappa shape index (κ2) is 5.96. The van der Waals surface area contributed by atoms with Gasteiger partial charge in [-0.1, -0.05) is 38.5 Å². The van der Waals surface area contributed by atoms with Crippen LogP contribution in [0, 0.1) is 11.3 Å². The number of piperidine rings is 1. The van der Waals surface area contributed by atoms with Crippen molar-refractivity contribution in [1.82, 2.24) is 4.90 Å². The summed E-state index contributed by atoms with van der Waals surface area (Å²) >= 11 is 0. The summed E-state index contributed by atoms with van der Waals surface area (Å²) < 4.78 is 0. The normalized spacial score (nSPS) is 30.9. The summed E-state index contributed by atoms with van der Waals surface area (Å²) in [4.78, 5) is 2.76. The third-order valence-electron chi connectivity index (χ3n) is 6.89. The number of rotatable bonds is 4. The fourth-order valence-electron chi connectivity index (χ4n) is 4.98. The van der Waals surface area contributed by atoms with Gasteiger partial charge in [0, 0.05) is 12.1 Å². The Bertz CT molecular complexity index is 307. The van der Waals surface area contributed by atoms with E-state index in [4.69, 9.17) is 5.73 Å². The van der Waals surface area contributed by atoms with Crippen molar-refractivity contribution in [2.75, 3.05) is 19.6 Å². The van der Waals surface area contributed by atoms with Crippen LogP contribution >= 0.6 is 0 Å². The number of hydrogen-bond acceptors (Lipinski definition) is 2. The minimum atomic E-state index is 0.279. The number of hydrogen-bond donors (Lipinski definition) is 1. The molecular formula is C18H34N2. The Morgan fingerprint density at radius 3 is 2.15 bits per heavy atom. The summed E-state index contributed by atoms with van der Waals surface area (Å²) in [6.07, 6.45) is 16.0. The average molecular weight is 278 g/mol. The van der Waals surface area contributed by atoms with Crippen LogP contribution in [0.3, 0.4) is 0 Å². The van der Waals surface area contributed by atoms with Gasteiger partial charge in [0.05, 0.1) is 0 Å². The van der Waals surface area contributed by atoms with Crippen molar-refractivity contribution in [3.8, 4) is 0 Å². The highest BCUT2D eigenvalue weighted by Gasteiger charge is 2.41. The van der Waals surface area contributed by atoms with Gasteiger partial charge in [-0.05, 0) is 63.5 Å². The van der Waals surface area contributed by atoms with Gasteiger partial charge in [-0.15, -0.1) is 0 Å². The lowest BCUT2D eigenvalue weighted by atomic mass is 9.67. The van der Waals surface area contributed by atoms with Crippen molar-refractivity contribution in [3.05, 3.63) is 0 Å². The van der Waals surface area contributed by atoms with Crippen molar-refractivity contribution in [3.63, 3.8) is 0 Å². The molecule has 0 aromatic heterocycles. The van der Waals surface area contributed by atoms with Gasteiger partial charge in [-0.25, -0.2) is 0 Å². The van der Waals surface area contributed by atoms with E-state index < -0.39 is 0 Å². The molecule has 2 aliphatic carbocycles. The zero-order valence-electron chi connectivity index (χ0n) is 13.5. The summed E-state index contributed by atoms with van der Waals surface area (Å²) in [5, 5.41) is 0. The van der Waals surface area contributed by atoms with Crippen LogP contribution in [-0.4, -0.2) is 30.1 Å². The minimum Gasteiger partial charge on any atom is -0.329 e. The van der Waals surface area contributed by atoms with E-state index in [1.54, 1.807) is 0 Å². The Kier molecular flexibility index (Phi) is 4.42. The van der Waals surface area contributed by atoms with Crippen LogP contribution in [0.4, 0.5) is 0 Å². The maximum atomic E-state index is 6.19. The van der Waals surface area contributed by atoms with E-state index in [-0.39, 0.29) is 5.54 Å². The third kappa shape index (κ3) is 2.92. The highest BCUT2D eigenvalue weighted by molar-refractivity contribution is 4.96. The predicted molar refractivity (Wildman–Crippen MR) is 85.7 cm³/mol. The van der Waals surface area contributed by atoms with Crippen molar-refractivity contribution >= 4 is 0 Å². The molecule has 116 valence electrons. The van der Waals surface area contributed by atoms with E-state index in [2.05, 4.69) is 11.8 Å². The number of nitrogens with two attached hydrogens (primary N) is 1. The number of nitrogens with zero attached hydrogens (tertiary/aromatic N) is 1. The molecule has 20 heavy (non-hydrogen) atoms. The van der Waals surface area contributed by atoms with E-state index in [1.807, 2.05) is 0 Å². The molecule has 0 amide bonds. The van der Waals surface area contributed by atoms with E-state index in [0.717, 1.165) is 17.9 Å². The topological polar surface area (TPSA) is 29.3 Å². The van der Waals surface area contributed by atoms with Crippen LogP contribution in [0.2, 0.25) is 0 Å². The maximum Gasteiger partial charge on any atom is 0.0306 e. The summed E-state index contributed by atoms with van der Waals surface area (Å²) in [5.74, 6) is 0.967. The van der Waals surface area contributed by atoms with Gasteiger partial charge in [0.15, 0.2) is 0 Å². The fourth-order valence-corrected chi connectivity index (χ4v) is 4.98. The molecule has 0 bridgehead atoms. The van der Waals surface area contributed by atoms with E-state index in [0.29, 0.717) is 0 Å². The van der Waals surface area contributed by atoms with Gasteiger partial charge in [-0.3, -0.25) is 4.90 Å². The lowest BCUT2D eigenvalue weighted by Crippen LogP contribution is -2.57. The smallest absolute Gasteiger partial charge is 0.0306 e. The molecule has 2 nitrogen and oxygen atoms in total. The van der Waals surface area contributed by atoms with Gasteiger partial charge in [0.1, 0.15) is 0 Å². The Labute approximate surface area is 125 Å². The molecule has 1 atom stereocenters. The first-order valence-corrected chi connectivity index (χ1v) is 9.11. The van der Waals surface area contributed by atoms with Gasteiger partial charge >= 0.3 is 0 Å². The Balaban J connectivity index is 1.57. The lowest BCUT2D eigenvalue weighted by molar-refractivity contribution is -0.00442. The maximum absolute atomic E-state index is 6.19. The van der Waals surface area contributed by atoms with Gasteiger partial charge in [0.25, 0.3) is 0 Å². The molecule has 1 heterocycles. The largest absolute Gasteiger partial charge is 0.329 e. The zero-order valence-corrected chi connectivity index (χ0v) is 13.5. The average Bonchev–Trinajstić information content (AvgIpc) is 2.44. The summed E-state index contributed by atoms with van der Waals surface area (Å²) in [6, 6.07) is 0. The van der Waals surface area contributed by atoms with Gasteiger partial charge < -0.3 is 5.73 Å². The Hall–Kier alpha value is -0.0800. The van der Waals surface area contributed by atoms with Crippen LogP contribution in [0.15, 0.2) is 0 Å². The summed E-state index contributed by atoms with van der Waals surface area (Å²) in [5.41, 5.74) is 7.20. The molecule has 2 saturated carbocycles. The zero-order chi connectivity index (χ0) is 14.1. The molecule has 1 saturated heterocycles. The number of likely N-dealkylation sites (tertiary alicyclic amines) is 1. The third-order valence-corrected chi connectivity index (χ3v) is 6.89. The molecule has 1 spiro atoms. The molecule has 1 aliphatic heterocycles. The highest BCUT2D eigenvalue weighted by Crippen LogP contribution is 2.46. The van der Waals surface area contributed by atoms with Crippen molar-refractivity contribution in [2.24, 2.45) is 17.1 Å². The van der Waals surface area contributed by atoms with Crippen LogP contribution in [0.25, 0.3) is 0 Å². The highest BCUT2D eigenvalue weighted by atomic mass is 15.2. The van der Waals surface area contributed by atoms with Gasteiger partial charge in [-0.2, -0.15) is 0 Å². The van der Waals surface area contributed by atoms with Crippen molar-refractivity contribution < 1.29 is 0 Å². The van der Waals surface area contributed by atoms with Gasteiger partial charge in [0.2, 0.25) is 0 Å². The monoisotopic (exact) mass is 278 g/mol. The van der Waals surface area contributed by atoms with Crippen LogP contribution in [0.1, 0.15) is 77.6 Å². The summed E-state index contributed by atoms with van der Waals surface area (Å²) in [6.45, 7) is 5.89. The molecule has 1 unspecified atom stereocenters. The first-order chi connectivity index (χ1) is 9.66. The van der Waals surface area contributed by atoms with Crippen LogP contribution in [-0.2, 0) is 0 Å². The quantitative estimate of drug-likeness (QED) is 0.844. The molecule has 0 aromatic rings. The molecule has 0 radical (unpaired) electrons. The van der Waals surface area contributed by atoms with Crippen molar-refractivity contribution in [1.29, 1.82) is 0 Å². The first kappa shape index (κ1) is 14.8. The molecule has 3 rings (SSSR count). The molecule has 3 fully saturated rings. The second-order valence-corrected chi connectivity index (χ2v) is 8.25. The standard InChI is InChI=1S/C18H34N2/c1-17(15-19,14-16-6-5-7-16)20-12-10-18(11-13-20)8-3-2-4-9-18/h16H,2-15,19H2,1H3. The second-order valence-electron chi connectivity index (χ2n) is 8.25. The minimum absolute atomic E-state index is 0.279. The molecule has 2 N–H and O–H groups in total. The SMILES string of the molecule is CC(CN)(CC1CCC1)N1CCC2(CCCCC2)CC1.